The van der Waals surface area contributed by atoms with Gasteiger partial charge in [0.15, 0.2) is 0 Å². The zero-order valence-corrected chi connectivity index (χ0v) is 6.35. The maximum Gasteiger partial charge on any atom is -0.0135 e. The molecule has 0 saturated carbocycles. The monoisotopic (exact) mass is 132 g/mol. The van der Waals surface area contributed by atoms with Gasteiger partial charge in [-0.3, -0.25) is 0 Å². The van der Waals surface area contributed by atoms with Gasteiger partial charge in [0.1, 0.15) is 0 Å². The molecular weight excluding hydrogens is 120 g/mol. The van der Waals surface area contributed by atoms with Crippen LogP contribution in [-0.2, 0) is 0 Å². The SMILES string of the molecule is CC1=CC2=C(C=CC1)CC2. The first-order chi connectivity index (χ1) is 4.86. The summed E-state index contributed by atoms with van der Waals surface area (Å²) in [5.41, 5.74) is 4.64. The molecule has 0 heterocycles. The Kier molecular flexibility index (Phi) is 1.26. The van der Waals surface area contributed by atoms with Gasteiger partial charge in [-0.2, -0.15) is 0 Å². The van der Waals surface area contributed by atoms with Crippen LogP contribution in [0.25, 0.3) is 0 Å². The van der Waals surface area contributed by atoms with Crippen LogP contribution in [0.5, 0.6) is 0 Å². The van der Waals surface area contributed by atoms with Crippen molar-refractivity contribution in [1.82, 2.24) is 0 Å². The lowest BCUT2D eigenvalue weighted by atomic mass is 9.88. The minimum absolute atomic E-state index is 1.15. The van der Waals surface area contributed by atoms with Crippen LogP contribution in [0.1, 0.15) is 26.2 Å². The molecule has 52 valence electrons. The van der Waals surface area contributed by atoms with Crippen LogP contribution in [0.2, 0.25) is 0 Å². The number of rotatable bonds is 0. The minimum Gasteiger partial charge on any atom is -0.0802 e. The molecular formula is C10H12. The molecule has 2 aliphatic carbocycles. The van der Waals surface area contributed by atoms with Crippen molar-refractivity contribution in [2.24, 2.45) is 0 Å². The third-order valence-corrected chi connectivity index (χ3v) is 2.26. The highest BCUT2D eigenvalue weighted by atomic mass is 14.2. The summed E-state index contributed by atoms with van der Waals surface area (Å²) >= 11 is 0. The van der Waals surface area contributed by atoms with E-state index in [0.29, 0.717) is 0 Å². The maximum absolute atomic E-state index is 2.35. The molecule has 0 bridgehead atoms. The highest BCUT2D eigenvalue weighted by Gasteiger charge is 2.13. The predicted octanol–water partition coefficient (Wildman–Crippen LogP) is 2.98. The third kappa shape index (κ3) is 0.841. The normalized spacial score (nSPS) is 23.1. The second-order valence-electron chi connectivity index (χ2n) is 3.15. The highest BCUT2D eigenvalue weighted by molar-refractivity contribution is 5.44. The van der Waals surface area contributed by atoms with E-state index in [9.17, 15) is 0 Å². The van der Waals surface area contributed by atoms with Gasteiger partial charge in [-0.25, -0.2) is 0 Å². The third-order valence-electron chi connectivity index (χ3n) is 2.26. The van der Waals surface area contributed by atoms with Crippen molar-refractivity contribution in [3.63, 3.8) is 0 Å². The first-order valence-electron chi connectivity index (χ1n) is 3.92. The Morgan fingerprint density at radius 1 is 1.20 bits per heavy atom. The average molecular weight is 132 g/mol. The molecule has 0 heteroatoms. The number of allylic oxidation sites excluding steroid dienone is 6. The molecule has 0 radical (unpaired) electrons. The Labute approximate surface area is 61.9 Å². The van der Waals surface area contributed by atoms with Crippen LogP contribution in [0.15, 0.2) is 34.9 Å². The lowest BCUT2D eigenvalue weighted by molar-refractivity contribution is 0.855. The summed E-state index contributed by atoms with van der Waals surface area (Å²) in [5.74, 6) is 0. The van der Waals surface area contributed by atoms with Crippen molar-refractivity contribution in [2.45, 2.75) is 26.2 Å². The standard InChI is InChI=1S/C10H12/c1-8-3-2-4-9-5-6-10(9)7-8/h2,4,7H,3,5-6H2,1H3. The van der Waals surface area contributed by atoms with Crippen molar-refractivity contribution in [3.8, 4) is 0 Å². The fraction of sp³-hybridized carbons (Fsp3) is 0.400. The van der Waals surface area contributed by atoms with E-state index in [2.05, 4.69) is 25.2 Å². The van der Waals surface area contributed by atoms with Crippen LogP contribution < -0.4 is 0 Å². The second-order valence-corrected chi connectivity index (χ2v) is 3.15. The summed E-state index contributed by atoms with van der Waals surface area (Å²) in [5, 5.41) is 0. The summed E-state index contributed by atoms with van der Waals surface area (Å²) in [6.45, 7) is 2.21. The number of hydrogen-bond donors (Lipinski definition) is 0. The molecule has 0 amide bonds. The molecule has 0 N–H and O–H groups in total. The molecule has 2 aliphatic rings. The Morgan fingerprint density at radius 2 is 2.00 bits per heavy atom. The molecule has 0 unspecified atom stereocenters. The molecule has 0 saturated heterocycles. The van der Waals surface area contributed by atoms with Gasteiger partial charge in [-0.15, -0.1) is 0 Å². The predicted molar refractivity (Wildman–Crippen MR) is 43.8 cm³/mol. The van der Waals surface area contributed by atoms with E-state index in [4.69, 9.17) is 0 Å². The van der Waals surface area contributed by atoms with E-state index in [1.807, 2.05) is 0 Å². The van der Waals surface area contributed by atoms with Crippen LogP contribution in [0, 0.1) is 0 Å². The quantitative estimate of drug-likeness (QED) is 0.475. The summed E-state index contributed by atoms with van der Waals surface area (Å²) < 4.78 is 0. The molecule has 10 heavy (non-hydrogen) atoms. The fourth-order valence-electron chi connectivity index (χ4n) is 1.51. The van der Waals surface area contributed by atoms with Crippen molar-refractivity contribution >= 4 is 0 Å². The van der Waals surface area contributed by atoms with Gasteiger partial charge in [0.2, 0.25) is 0 Å². The molecule has 0 aromatic rings. The lowest BCUT2D eigenvalue weighted by Crippen LogP contribution is -1.98. The van der Waals surface area contributed by atoms with Crippen LogP contribution >= 0.6 is 0 Å². The van der Waals surface area contributed by atoms with E-state index in [1.165, 1.54) is 18.4 Å². The summed E-state index contributed by atoms with van der Waals surface area (Å²) in [7, 11) is 0. The van der Waals surface area contributed by atoms with Gasteiger partial charge >= 0.3 is 0 Å². The largest absolute Gasteiger partial charge is 0.0802 e. The van der Waals surface area contributed by atoms with E-state index in [-0.39, 0.29) is 0 Å². The van der Waals surface area contributed by atoms with Gasteiger partial charge in [0.25, 0.3) is 0 Å². The van der Waals surface area contributed by atoms with Gasteiger partial charge in [-0.05, 0) is 37.3 Å². The van der Waals surface area contributed by atoms with Crippen molar-refractivity contribution < 1.29 is 0 Å². The smallest absolute Gasteiger partial charge is 0.0135 e. The van der Waals surface area contributed by atoms with Crippen molar-refractivity contribution in [2.75, 3.05) is 0 Å². The molecule has 0 spiro atoms. The summed E-state index contributed by atoms with van der Waals surface area (Å²) in [6, 6.07) is 0. The molecule has 0 atom stereocenters. The van der Waals surface area contributed by atoms with Gasteiger partial charge < -0.3 is 0 Å². The average Bonchev–Trinajstić information content (AvgIpc) is 1.99. The Morgan fingerprint density at radius 3 is 2.70 bits per heavy atom. The molecule has 0 nitrogen and oxygen atoms in total. The molecule has 0 aliphatic heterocycles. The lowest BCUT2D eigenvalue weighted by Gasteiger charge is -2.17. The Balaban J connectivity index is 2.37. The second kappa shape index (κ2) is 2.12. The van der Waals surface area contributed by atoms with E-state index in [1.54, 1.807) is 11.1 Å². The van der Waals surface area contributed by atoms with E-state index in [0.717, 1.165) is 6.42 Å². The van der Waals surface area contributed by atoms with Crippen molar-refractivity contribution in [1.29, 1.82) is 0 Å². The molecule has 2 rings (SSSR count). The first-order valence-corrected chi connectivity index (χ1v) is 3.92. The van der Waals surface area contributed by atoms with Crippen LogP contribution in [-0.4, -0.2) is 0 Å². The topological polar surface area (TPSA) is 0 Å². The highest BCUT2D eigenvalue weighted by Crippen LogP contribution is 2.32. The van der Waals surface area contributed by atoms with Crippen LogP contribution in [0.4, 0.5) is 0 Å². The van der Waals surface area contributed by atoms with Crippen molar-refractivity contribution in [3.05, 3.63) is 34.9 Å². The Hall–Kier alpha value is -0.780. The first kappa shape index (κ1) is 5.96. The van der Waals surface area contributed by atoms with Crippen LogP contribution in [0.3, 0.4) is 0 Å². The number of hydrogen-bond acceptors (Lipinski definition) is 0. The fourth-order valence-corrected chi connectivity index (χ4v) is 1.51. The summed E-state index contributed by atoms with van der Waals surface area (Å²) in [4.78, 5) is 0. The van der Waals surface area contributed by atoms with E-state index < -0.39 is 0 Å². The maximum atomic E-state index is 2.35. The van der Waals surface area contributed by atoms with Gasteiger partial charge in [-0.1, -0.05) is 23.8 Å². The molecule has 0 aromatic heterocycles. The van der Waals surface area contributed by atoms with E-state index >= 15 is 0 Å². The molecule has 0 aromatic carbocycles. The van der Waals surface area contributed by atoms with Gasteiger partial charge in [0, 0.05) is 0 Å². The minimum atomic E-state index is 1.15. The Bertz CT molecular complexity index is 239. The summed E-state index contributed by atoms with van der Waals surface area (Å²) in [6.07, 6.45) is 10.7. The zero-order valence-electron chi connectivity index (χ0n) is 6.35. The zero-order chi connectivity index (χ0) is 6.97. The van der Waals surface area contributed by atoms with Gasteiger partial charge in [0.05, 0.1) is 0 Å². The molecule has 0 fully saturated rings.